The van der Waals surface area contributed by atoms with Crippen molar-refractivity contribution in [3.8, 4) is 6.07 Å². The molecule has 0 spiro atoms. The highest BCUT2D eigenvalue weighted by Crippen LogP contribution is 2.26. The number of amides is 1. The van der Waals surface area contributed by atoms with Crippen LogP contribution in [0.3, 0.4) is 0 Å². The first kappa shape index (κ1) is 13.2. The highest BCUT2D eigenvalue weighted by atomic mass is 32.2. The van der Waals surface area contributed by atoms with Gasteiger partial charge in [0.2, 0.25) is 5.91 Å². The Balaban J connectivity index is 1.61. The van der Waals surface area contributed by atoms with Crippen LogP contribution in [0.1, 0.15) is 5.69 Å². The molecule has 104 valence electrons. The maximum Gasteiger partial charge on any atom is 0.229 e. The standard InChI is InChI=1S/C13H15N5OS/c14-7-11-12(16-2-1-15-11)18-8-10(9-18)13(19)17-3-5-20-6-4-17/h1-2,10H,3-6,8-9H2. The van der Waals surface area contributed by atoms with E-state index in [2.05, 4.69) is 9.97 Å². The van der Waals surface area contributed by atoms with Crippen molar-refractivity contribution in [3.63, 3.8) is 0 Å². The number of carbonyl (C=O) groups is 1. The lowest BCUT2D eigenvalue weighted by molar-refractivity contribution is -0.135. The third kappa shape index (κ3) is 2.43. The molecule has 1 aromatic heterocycles. The van der Waals surface area contributed by atoms with Gasteiger partial charge in [-0.2, -0.15) is 17.0 Å². The second-order valence-corrected chi connectivity index (χ2v) is 6.10. The number of hydrogen-bond acceptors (Lipinski definition) is 6. The van der Waals surface area contributed by atoms with Gasteiger partial charge in [0.05, 0.1) is 5.92 Å². The van der Waals surface area contributed by atoms with Crippen LogP contribution in [0, 0.1) is 17.2 Å². The molecule has 2 aliphatic rings. The number of rotatable bonds is 2. The van der Waals surface area contributed by atoms with E-state index in [1.54, 1.807) is 6.20 Å². The van der Waals surface area contributed by atoms with Gasteiger partial charge in [0, 0.05) is 50.1 Å². The van der Waals surface area contributed by atoms with E-state index in [4.69, 9.17) is 5.26 Å². The Hall–Kier alpha value is -1.81. The molecule has 2 saturated heterocycles. The van der Waals surface area contributed by atoms with Gasteiger partial charge in [0.15, 0.2) is 11.5 Å². The molecule has 0 saturated carbocycles. The molecule has 3 rings (SSSR count). The van der Waals surface area contributed by atoms with Gasteiger partial charge < -0.3 is 9.80 Å². The molecule has 0 aliphatic carbocycles. The van der Waals surface area contributed by atoms with Gasteiger partial charge in [0.1, 0.15) is 6.07 Å². The summed E-state index contributed by atoms with van der Waals surface area (Å²) in [6.07, 6.45) is 3.09. The molecule has 2 fully saturated rings. The monoisotopic (exact) mass is 289 g/mol. The lowest BCUT2D eigenvalue weighted by atomic mass is 9.98. The molecule has 0 atom stereocenters. The summed E-state index contributed by atoms with van der Waals surface area (Å²) in [6, 6.07) is 2.04. The maximum absolute atomic E-state index is 12.3. The van der Waals surface area contributed by atoms with Crippen LogP contribution in [0.25, 0.3) is 0 Å². The van der Waals surface area contributed by atoms with E-state index in [1.807, 2.05) is 27.6 Å². The Morgan fingerprint density at radius 2 is 2.00 bits per heavy atom. The summed E-state index contributed by atoms with van der Waals surface area (Å²) in [5, 5.41) is 9.01. The summed E-state index contributed by atoms with van der Waals surface area (Å²) in [7, 11) is 0. The molecule has 1 aromatic rings. The summed E-state index contributed by atoms with van der Waals surface area (Å²) in [4.78, 5) is 24.4. The molecule has 3 heterocycles. The van der Waals surface area contributed by atoms with Crippen LogP contribution in [-0.2, 0) is 4.79 Å². The van der Waals surface area contributed by atoms with E-state index >= 15 is 0 Å². The minimum atomic E-state index is 0.0339. The van der Waals surface area contributed by atoms with E-state index in [0.29, 0.717) is 24.6 Å². The van der Waals surface area contributed by atoms with Crippen LogP contribution in [0.4, 0.5) is 5.82 Å². The van der Waals surface area contributed by atoms with Crippen LogP contribution in [0.5, 0.6) is 0 Å². The second-order valence-electron chi connectivity index (χ2n) is 4.88. The van der Waals surface area contributed by atoms with E-state index in [0.717, 1.165) is 24.6 Å². The summed E-state index contributed by atoms with van der Waals surface area (Å²) in [5.74, 6) is 2.93. The molecule has 0 radical (unpaired) electrons. The lowest BCUT2D eigenvalue weighted by Gasteiger charge is -2.42. The molecule has 0 bridgehead atoms. The Kier molecular flexibility index (Phi) is 3.74. The zero-order valence-electron chi connectivity index (χ0n) is 11.0. The van der Waals surface area contributed by atoms with Crippen LogP contribution in [-0.4, -0.2) is 58.5 Å². The van der Waals surface area contributed by atoms with Gasteiger partial charge in [-0.05, 0) is 0 Å². The third-order valence-corrected chi connectivity index (χ3v) is 4.58. The summed E-state index contributed by atoms with van der Waals surface area (Å²) >= 11 is 1.90. The average molecular weight is 289 g/mol. The first-order valence-corrected chi connectivity index (χ1v) is 7.77. The molecular formula is C13H15N5OS. The number of hydrogen-bond donors (Lipinski definition) is 0. The molecule has 0 aromatic carbocycles. The van der Waals surface area contributed by atoms with Crippen molar-refractivity contribution in [2.24, 2.45) is 5.92 Å². The average Bonchev–Trinajstić information content (AvgIpc) is 2.47. The fraction of sp³-hybridized carbons (Fsp3) is 0.538. The minimum Gasteiger partial charge on any atom is -0.352 e. The second kappa shape index (κ2) is 5.67. The summed E-state index contributed by atoms with van der Waals surface area (Å²) < 4.78 is 0. The first-order chi connectivity index (χ1) is 9.79. The van der Waals surface area contributed by atoms with E-state index in [1.165, 1.54) is 6.20 Å². The van der Waals surface area contributed by atoms with E-state index in [-0.39, 0.29) is 11.8 Å². The quantitative estimate of drug-likeness (QED) is 0.782. The molecule has 6 nitrogen and oxygen atoms in total. The molecule has 0 N–H and O–H groups in total. The van der Waals surface area contributed by atoms with Gasteiger partial charge in [-0.25, -0.2) is 9.97 Å². The lowest BCUT2D eigenvalue weighted by Crippen LogP contribution is -2.56. The number of nitrogens with zero attached hydrogens (tertiary/aromatic N) is 5. The fourth-order valence-corrected chi connectivity index (χ4v) is 3.39. The smallest absolute Gasteiger partial charge is 0.229 e. The number of thioether (sulfide) groups is 1. The number of aromatic nitrogens is 2. The molecule has 7 heteroatoms. The Morgan fingerprint density at radius 3 is 2.70 bits per heavy atom. The molecule has 0 unspecified atom stereocenters. The zero-order valence-corrected chi connectivity index (χ0v) is 11.8. The molecule has 2 aliphatic heterocycles. The number of nitriles is 1. The van der Waals surface area contributed by atoms with Gasteiger partial charge >= 0.3 is 0 Å². The van der Waals surface area contributed by atoms with E-state index in [9.17, 15) is 4.79 Å². The minimum absolute atomic E-state index is 0.0339. The highest BCUT2D eigenvalue weighted by molar-refractivity contribution is 7.99. The van der Waals surface area contributed by atoms with Crippen molar-refractivity contribution in [2.45, 2.75) is 0 Å². The van der Waals surface area contributed by atoms with Crippen molar-refractivity contribution in [1.29, 1.82) is 5.26 Å². The van der Waals surface area contributed by atoms with Crippen molar-refractivity contribution < 1.29 is 4.79 Å². The Bertz CT molecular complexity index is 546. The topological polar surface area (TPSA) is 73.1 Å². The van der Waals surface area contributed by atoms with Crippen LogP contribution in [0.15, 0.2) is 12.4 Å². The van der Waals surface area contributed by atoms with Crippen LogP contribution in [0.2, 0.25) is 0 Å². The Morgan fingerprint density at radius 1 is 1.30 bits per heavy atom. The fourth-order valence-electron chi connectivity index (χ4n) is 2.49. The van der Waals surface area contributed by atoms with Crippen molar-refractivity contribution in [3.05, 3.63) is 18.1 Å². The molecule has 20 heavy (non-hydrogen) atoms. The van der Waals surface area contributed by atoms with Gasteiger partial charge in [-0.15, -0.1) is 0 Å². The predicted molar refractivity (Wildman–Crippen MR) is 76.4 cm³/mol. The van der Waals surface area contributed by atoms with Gasteiger partial charge in [-0.3, -0.25) is 4.79 Å². The maximum atomic E-state index is 12.3. The molecular weight excluding hydrogens is 274 g/mol. The number of anilines is 1. The third-order valence-electron chi connectivity index (χ3n) is 3.64. The van der Waals surface area contributed by atoms with Crippen molar-refractivity contribution in [1.82, 2.24) is 14.9 Å². The van der Waals surface area contributed by atoms with Gasteiger partial charge in [-0.1, -0.05) is 0 Å². The summed E-state index contributed by atoms with van der Waals surface area (Å²) in [6.45, 7) is 2.98. The first-order valence-electron chi connectivity index (χ1n) is 6.62. The SMILES string of the molecule is N#Cc1nccnc1N1CC(C(=O)N2CCSCC2)C1. The van der Waals surface area contributed by atoms with Crippen molar-refractivity contribution in [2.75, 3.05) is 42.6 Å². The normalized spacial score (nSPS) is 19.4. The van der Waals surface area contributed by atoms with Crippen molar-refractivity contribution >= 4 is 23.5 Å². The Labute approximate surface area is 121 Å². The van der Waals surface area contributed by atoms with Gasteiger partial charge in [0.25, 0.3) is 0 Å². The van der Waals surface area contributed by atoms with Crippen LogP contribution < -0.4 is 4.90 Å². The predicted octanol–water partition coefficient (Wildman–Crippen LogP) is 0.360. The zero-order chi connectivity index (χ0) is 13.9. The van der Waals surface area contributed by atoms with E-state index < -0.39 is 0 Å². The van der Waals surface area contributed by atoms with Crippen LogP contribution >= 0.6 is 11.8 Å². The number of carbonyl (C=O) groups excluding carboxylic acids is 1. The largest absolute Gasteiger partial charge is 0.352 e. The molecule has 1 amide bonds. The summed E-state index contributed by atoms with van der Waals surface area (Å²) in [5.41, 5.74) is 0.327. The highest BCUT2D eigenvalue weighted by Gasteiger charge is 2.37.